The van der Waals surface area contributed by atoms with Gasteiger partial charge < -0.3 is 16.1 Å². The van der Waals surface area contributed by atoms with Gasteiger partial charge in [-0.15, -0.1) is 0 Å². The molecule has 2 aromatic heterocycles. The number of amides is 1. The van der Waals surface area contributed by atoms with E-state index in [4.69, 9.17) is 0 Å². The Hall–Kier alpha value is -4.47. The molecule has 3 aromatic rings. The summed E-state index contributed by atoms with van der Waals surface area (Å²) in [5.74, 6) is 1.72. The summed E-state index contributed by atoms with van der Waals surface area (Å²) < 4.78 is 0. The Balaban J connectivity index is 1.31. The van der Waals surface area contributed by atoms with Crippen LogP contribution in [-0.2, 0) is 4.79 Å². The number of aromatic nitrogens is 4. The average molecular weight is 439 g/mol. The molecule has 1 unspecified atom stereocenters. The van der Waals surface area contributed by atoms with Crippen LogP contribution in [0.2, 0.25) is 0 Å². The van der Waals surface area contributed by atoms with Crippen molar-refractivity contribution in [1.29, 1.82) is 0 Å². The predicted octanol–water partition coefficient (Wildman–Crippen LogP) is 3.34. The molecule has 33 heavy (non-hydrogen) atoms. The first kappa shape index (κ1) is 19.2. The predicted molar refractivity (Wildman–Crippen MR) is 125 cm³/mol. The molecule has 1 saturated carbocycles. The lowest BCUT2D eigenvalue weighted by atomic mass is 9.99. The highest BCUT2D eigenvalue weighted by Gasteiger charge is 2.29. The van der Waals surface area contributed by atoms with Crippen molar-refractivity contribution in [2.45, 2.75) is 18.8 Å². The molecule has 10 nitrogen and oxygen atoms in total. The molecule has 1 aliphatic heterocycles. The number of H-pyrrole nitrogens is 1. The first-order valence-electron chi connectivity index (χ1n) is 10.8. The van der Waals surface area contributed by atoms with Crippen molar-refractivity contribution in [1.82, 2.24) is 31.0 Å². The Bertz CT molecular complexity index is 1300. The second-order valence-corrected chi connectivity index (χ2v) is 8.12. The molecule has 1 aromatic carbocycles. The Kier molecular flexibility index (Phi) is 4.60. The number of fused-ring (bicyclic) bond motifs is 1. The number of nitrogens with zero attached hydrogens (tertiary/aromatic N) is 4. The monoisotopic (exact) mass is 439 g/mol. The minimum atomic E-state index is -0.306. The molecule has 5 N–H and O–H groups in total. The van der Waals surface area contributed by atoms with Gasteiger partial charge >= 0.3 is 0 Å². The number of nitrogens with one attached hydrogen (secondary N) is 5. The molecule has 164 valence electrons. The fraction of sp³-hybridized carbons (Fsp3) is 0.174. The molecule has 0 spiro atoms. The van der Waals surface area contributed by atoms with E-state index < -0.39 is 0 Å². The van der Waals surface area contributed by atoms with Gasteiger partial charge in [0.05, 0.1) is 17.8 Å². The molecule has 1 saturated heterocycles. The van der Waals surface area contributed by atoms with E-state index in [1.807, 2.05) is 42.5 Å². The molecule has 6 rings (SSSR count). The van der Waals surface area contributed by atoms with E-state index >= 15 is 0 Å². The van der Waals surface area contributed by atoms with Gasteiger partial charge in [0.1, 0.15) is 5.69 Å². The molecule has 2 fully saturated rings. The highest BCUT2D eigenvalue weighted by Crippen LogP contribution is 2.40. The van der Waals surface area contributed by atoms with Gasteiger partial charge in [-0.3, -0.25) is 15.3 Å². The number of allylic oxidation sites excluding steroid dienone is 2. The summed E-state index contributed by atoms with van der Waals surface area (Å²) in [6.07, 6.45) is 9.48. The third kappa shape index (κ3) is 4.05. The number of hydrogen-bond donors (Lipinski definition) is 5. The number of aromatic amines is 1. The van der Waals surface area contributed by atoms with Crippen molar-refractivity contribution >= 4 is 40.6 Å². The van der Waals surface area contributed by atoms with Crippen molar-refractivity contribution in [3.63, 3.8) is 0 Å². The van der Waals surface area contributed by atoms with Gasteiger partial charge in [0, 0.05) is 29.1 Å². The van der Waals surface area contributed by atoms with Crippen LogP contribution in [0.1, 0.15) is 24.5 Å². The Morgan fingerprint density at radius 1 is 1.09 bits per heavy atom. The van der Waals surface area contributed by atoms with Crippen LogP contribution in [0.15, 0.2) is 71.5 Å². The quantitative estimate of drug-likeness (QED) is 0.398. The number of carbonyl (C=O) groups excluding carboxylic acids is 1. The Morgan fingerprint density at radius 3 is 2.82 bits per heavy atom. The summed E-state index contributed by atoms with van der Waals surface area (Å²) >= 11 is 0. The number of para-hydroxylation sites is 1. The van der Waals surface area contributed by atoms with Crippen LogP contribution >= 0.6 is 0 Å². The zero-order valence-corrected chi connectivity index (χ0v) is 17.5. The number of benzene rings is 1. The first-order valence-corrected chi connectivity index (χ1v) is 10.8. The topological polar surface area (TPSA) is 132 Å². The second-order valence-electron chi connectivity index (χ2n) is 8.12. The van der Waals surface area contributed by atoms with Crippen LogP contribution in [0.3, 0.4) is 0 Å². The van der Waals surface area contributed by atoms with Crippen LogP contribution < -0.4 is 21.5 Å². The SMILES string of the molecule is O=C1NNC2=C/C(=N/c3ncc(Nc4ccccc4)c(Nc4cc(C5CC5)[nH]n4)n3)C=CC12. The third-order valence-electron chi connectivity index (χ3n) is 5.63. The maximum atomic E-state index is 11.8. The standard InChI is InChI=1S/C23H21N9O/c33-22-16-9-8-15(10-18(16)30-32-22)26-23-24-12-19(25-14-4-2-1-3-5-14)21(28-23)27-20-11-17(29-31-20)13-6-7-13/h1-5,8-13,16,25,30H,6-7H2,(H,32,33)(H2,24,27,28,29,31)/b26-15+. The van der Waals surface area contributed by atoms with E-state index in [1.165, 1.54) is 12.8 Å². The zero-order chi connectivity index (χ0) is 22.2. The minimum absolute atomic E-state index is 0.0832. The van der Waals surface area contributed by atoms with E-state index in [-0.39, 0.29) is 11.8 Å². The number of anilines is 4. The molecule has 2 aliphatic carbocycles. The summed E-state index contributed by atoms with van der Waals surface area (Å²) in [5.41, 5.74) is 9.63. The van der Waals surface area contributed by atoms with Crippen LogP contribution in [0, 0.1) is 5.92 Å². The Morgan fingerprint density at radius 2 is 1.97 bits per heavy atom. The van der Waals surface area contributed by atoms with Crippen molar-refractivity contribution in [2.24, 2.45) is 10.9 Å². The summed E-state index contributed by atoms with van der Waals surface area (Å²) in [7, 11) is 0. The lowest BCUT2D eigenvalue weighted by molar-refractivity contribution is -0.121. The lowest BCUT2D eigenvalue weighted by Gasteiger charge is -2.12. The maximum Gasteiger partial charge on any atom is 0.251 e. The van der Waals surface area contributed by atoms with Crippen molar-refractivity contribution in [3.05, 3.63) is 72.2 Å². The number of rotatable bonds is 6. The van der Waals surface area contributed by atoms with Crippen molar-refractivity contribution in [3.8, 4) is 0 Å². The van der Waals surface area contributed by atoms with Crippen LogP contribution in [-0.4, -0.2) is 31.8 Å². The minimum Gasteiger partial charge on any atom is -0.351 e. The van der Waals surface area contributed by atoms with Gasteiger partial charge in [-0.25, -0.2) is 9.98 Å². The fourth-order valence-corrected chi connectivity index (χ4v) is 3.75. The van der Waals surface area contributed by atoms with E-state index in [0.717, 1.165) is 17.1 Å². The van der Waals surface area contributed by atoms with Crippen LogP contribution in [0.4, 0.5) is 29.0 Å². The Labute approximate surface area is 189 Å². The summed E-state index contributed by atoms with van der Waals surface area (Å²) in [6, 6.07) is 11.8. The van der Waals surface area contributed by atoms with Gasteiger partial charge in [-0.1, -0.05) is 24.3 Å². The first-order chi connectivity index (χ1) is 16.2. The van der Waals surface area contributed by atoms with Crippen molar-refractivity contribution in [2.75, 3.05) is 10.6 Å². The lowest BCUT2D eigenvalue weighted by Crippen LogP contribution is -2.25. The van der Waals surface area contributed by atoms with Crippen LogP contribution in [0.25, 0.3) is 0 Å². The largest absolute Gasteiger partial charge is 0.351 e. The molecular weight excluding hydrogens is 418 g/mol. The van der Waals surface area contributed by atoms with Crippen LogP contribution in [0.5, 0.6) is 0 Å². The highest BCUT2D eigenvalue weighted by molar-refractivity contribution is 6.08. The van der Waals surface area contributed by atoms with Gasteiger partial charge in [0.15, 0.2) is 11.6 Å². The van der Waals surface area contributed by atoms with E-state index in [0.29, 0.717) is 34.9 Å². The molecule has 3 aliphatic rings. The van der Waals surface area contributed by atoms with Gasteiger partial charge in [0.2, 0.25) is 0 Å². The zero-order valence-electron chi connectivity index (χ0n) is 17.5. The molecule has 1 atom stereocenters. The molecule has 3 heterocycles. The van der Waals surface area contributed by atoms with E-state index in [2.05, 4.69) is 46.6 Å². The second kappa shape index (κ2) is 7.90. The number of hydrazine groups is 1. The van der Waals surface area contributed by atoms with E-state index in [9.17, 15) is 4.79 Å². The smallest absolute Gasteiger partial charge is 0.251 e. The highest BCUT2D eigenvalue weighted by atomic mass is 16.2. The molecule has 1 amide bonds. The van der Waals surface area contributed by atoms with Crippen molar-refractivity contribution < 1.29 is 4.79 Å². The maximum absolute atomic E-state index is 11.8. The number of hydrogen-bond acceptors (Lipinski definition) is 8. The molecule has 10 heteroatoms. The summed E-state index contributed by atoms with van der Waals surface area (Å²) in [5, 5.41) is 14.1. The van der Waals surface area contributed by atoms with E-state index in [1.54, 1.807) is 18.3 Å². The molecular formula is C23H21N9O. The third-order valence-corrected chi connectivity index (χ3v) is 5.63. The number of aliphatic imine (C=N–C) groups is 1. The van der Waals surface area contributed by atoms with Gasteiger partial charge in [-0.05, 0) is 37.1 Å². The number of carbonyl (C=O) groups is 1. The summed E-state index contributed by atoms with van der Waals surface area (Å²) in [4.78, 5) is 25.4. The molecule has 0 radical (unpaired) electrons. The summed E-state index contributed by atoms with van der Waals surface area (Å²) in [6.45, 7) is 0. The fourth-order valence-electron chi connectivity index (χ4n) is 3.75. The van der Waals surface area contributed by atoms with Gasteiger partial charge in [0.25, 0.3) is 11.9 Å². The average Bonchev–Trinajstić information content (AvgIpc) is 3.48. The van der Waals surface area contributed by atoms with Gasteiger partial charge in [-0.2, -0.15) is 10.1 Å². The normalized spacial score (nSPS) is 20.1. The molecule has 0 bridgehead atoms.